The Morgan fingerprint density at radius 2 is 2.31 bits per heavy atom. The molecule has 1 fully saturated rings. The number of nitrogens with two attached hydrogens (primary N) is 1. The first-order valence-electron chi connectivity index (χ1n) is 5.58. The quantitative estimate of drug-likeness (QED) is 0.803. The van der Waals surface area contributed by atoms with Crippen LogP contribution in [0.15, 0.2) is 12.4 Å². The average molecular weight is 236 g/mol. The Morgan fingerprint density at radius 1 is 1.56 bits per heavy atom. The summed E-state index contributed by atoms with van der Waals surface area (Å²) in [6, 6.07) is 0. The van der Waals surface area contributed by atoms with Crippen molar-refractivity contribution in [3.8, 4) is 0 Å². The summed E-state index contributed by atoms with van der Waals surface area (Å²) in [5, 5.41) is 0. The highest BCUT2D eigenvalue weighted by Crippen LogP contribution is 2.25. The van der Waals surface area contributed by atoms with Gasteiger partial charge in [-0.2, -0.15) is 0 Å². The number of nitrogens with zero attached hydrogens (tertiary/aromatic N) is 3. The van der Waals surface area contributed by atoms with Gasteiger partial charge in [0, 0.05) is 25.5 Å². The van der Waals surface area contributed by atoms with Gasteiger partial charge in [-0.05, 0) is 12.3 Å². The van der Waals surface area contributed by atoms with Gasteiger partial charge in [0.05, 0.1) is 0 Å². The molecule has 2 N–H and O–H groups in total. The lowest BCUT2D eigenvalue weighted by Gasteiger charge is -2.19. The van der Waals surface area contributed by atoms with E-state index in [0.717, 1.165) is 24.8 Å². The van der Waals surface area contributed by atoms with Crippen LogP contribution < -0.4 is 10.6 Å². The van der Waals surface area contributed by atoms with Crippen LogP contribution in [0.25, 0.3) is 0 Å². The topological polar surface area (TPSA) is 55.0 Å². The summed E-state index contributed by atoms with van der Waals surface area (Å²) in [7, 11) is 0. The number of hydrogen-bond donors (Lipinski definition) is 1. The molecule has 1 aromatic heterocycles. The molecule has 0 bridgehead atoms. The van der Waals surface area contributed by atoms with Crippen LogP contribution in [0.1, 0.15) is 25.5 Å². The molecule has 0 aliphatic carbocycles. The molecule has 4 nitrogen and oxygen atoms in total. The van der Waals surface area contributed by atoms with Crippen molar-refractivity contribution in [2.45, 2.75) is 19.8 Å². The maximum absolute atomic E-state index is 5.65. The molecule has 2 heterocycles. The number of anilines is 1. The van der Waals surface area contributed by atoms with Crippen LogP contribution >= 0.6 is 12.2 Å². The Labute approximate surface area is 101 Å². The fraction of sp³-hybridized carbons (Fsp3) is 0.545. The first-order chi connectivity index (χ1) is 7.72. The molecule has 2 rings (SSSR count). The van der Waals surface area contributed by atoms with Crippen molar-refractivity contribution in [1.82, 2.24) is 9.97 Å². The van der Waals surface area contributed by atoms with E-state index in [1.54, 1.807) is 12.4 Å². The molecule has 1 aliphatic heterocycles. The molecule has 1 unspecified atom stereocenters. The maximum Gasteiger partial charge on any atom is 0.157 e. The molecule has 0 radical (unpaired) electrons. The molecular formula is C11H16N4S. The maximum atomic E-state index is 5.65. The van der Waals surface area contributed by atoms with Crippen LogP contribution in [0.2, 0.25) is 0 Å². The highest BCUT2D eigenvalue weighted by molar-refractivity contribution is 7.80. The van der Waals surface area contributed by atoms with Gasteiger partial charge < -0.3 is 10.6 Å². The summed E-state index contributed by atoms with van der Waals surface area (Å²) in [4.78, 5) is 11.1. The van der Waals surface area contributed by atoms with Gasteiger partial charge in [-0.15, -0.1) is 0 Å². The molecule has 0 spiro atoms. The van der Waals surface area contributed by atoms with Gasteiger partial charge in [0.15, 0.2) is 5.82 Å². The van der Waals surface area contributed by atoms with Gasteiger partial charge in [0.1, 0.15) is 10.7 Å². The molecule has 0 saturated carbocycles. The largest absolute Gasteiger partial charge is 0.388 e. The Balaban J connectivity index is 2.24. The van der Waals surface area contributed by atoms with E-state index in [-0.39, 0.29) is 0 Å². The van der Waals surface area contributed by atoms with Crippen LogP contribution in [0.4, 0.5) is 5.82 Å². The summed E-state index contributed by atoms with van der Waals surface area (Å²) in [5.41, 5.74) is 6.30. The number of rotatable bonds is 3. The third-order valence-corrected chi connectivity index (χ3v) is 3.27. The molecule has 0 amide bonds. The molecule has 86 valence electrons. The molecule has 1 saturated heterocycles. The van der Waals surface area contributed by atoms with Gasteiger partial charge in [-0.25, -0.2) is 9.97 Å². The first kappa shape index (κ1) is 11.3. The van der Waals surface area contributed by atoms with Gasteiger partial charge in [-0.1, -0.05) is 25.6 Å². The third kappa shape index (κ3) is 2.14. The van der Waals surface area contributed by atoms with Crippen LogP contribution in [0.3, 0.4) is 0 Å². The predicted molar refractivity (Wildman–Crippen MR) is 68.5 cm³/mol. The van der Waals surface area contributed by atoms with Gasteiger partial charge in [-0.3, -0.25) is 0 Å². The zero-order valence-corrected chi connectivity index (χ0v) is 10.2. The van der Waals surface area contributed by atoms with Crippen molar-refractivity contribution < 1.29 is 0 Å². The fourth-order valence-electron chi connectivity index (χ4n) is 2.09. The lowest BCUT2D eigenvalue weighted by atomic mass is 10.1. The van der Waals surface area contributed by atoms with Crippen molar-refractivity contribution in [3.63, 3.8) is 0 Å². The summed E-state index contributed by atoms with van der Waals surface area (Å²) in [5.74, 6) is 1.59. The van der Waals surface area contributed by atoms with E-state index in [1.165, 1.54) is 12.8 Å². The zero-order valence-electron chi connectivity index (χ0n) is 9.39. The van der Waals surface area contributed by atoms with E-state index in [4.69, 9.17) is 18.0 Å². The number of aromatic nitrogens is 2. The highest BCUT2D eigenvalue weighted by atomic mass is 32.1. The Bertz CT molecular complexity index is 393. The van der Waals surface area contributed by atoms with Crippen LogP contribution in [0, 0.1) is 5.92 Å². The van der Waals surface area contributed by atoms with Crippen LogP contribution in [-0.4, -0.2) is 28.0 Å². The monoisotopic (exact) mass is 236 g/mol. The Morgan fingerprint density at radius 3 is 2.94 bits per heavy atom. The minimum atomic E-state index is 0.322. The molecule has 16 heavy (non-hydrogen) atoms. The van der Waals surface area contributed by atoms with Gasteiger partial charge in [0.2, 0.25) is 0 Å². The normalized spacial score (nSPS) is 20.1. The van der Waals surface area contributed by atoms with Crippen LogP contribution in [-0.2, 0) is 0 Å². The summed E-state index contributed by atoms with van der Waals surface area (Å²) >= 11 is 4.99. The fourth-order valence-corrected chi connectivity index (χ4v) is 2.24. The Kier molecular flexibility index (Phi) is 3.33. The average Bonchev–Trinajstić information content (AvgIpc) is 2.77. The second kappa shape index (κ2) is 4.74. The van der Waals surface area contributed by atoms with Crippen LogP contribution in [0.5, 0.6) is 0 Å². The number of thiocarbonyl (C=S) groups is 1. The van der Waals surface area contributed by atoms with Crippen molar-refractivity contribution in [2.75, 3.05) is 18.0 Å². The van der Waals surface area contributed by atoms with Crippen molar-refractivity contribution >= 4 is 23.0 Å². The van der Waals surface area contributed by atoms with E-state index in [0.29, 0.717) is 10.7 Å². The molecule has 1 aromatic rings. The van der Waals surface area contributed by atoms with E-state index in [2.05, 4.69) is 21.8 Å². The van der Waals surface area contributed by atoms with Gasteiger partial charge >= 0.3 is 0 Å². The van der Waals surface area contributed by atoms with Crippen molar-refractivity contribution in [3.05, 3.63) is 18.1 Å². The third-order valence-electron chi connectivity index (χ3n) is 3.08. The van der Waals surface area contributed by atoms with Crippen molar-refractivity contribution in [2.24, 2.45) is 11.7 Å². The number of hydrogen-bond acceptors (Lipinski definition) is 4. The standard InChI is InChI=1S/C11H16N4S/c1-2-8-3-6-15(7-8)11-9(10(12)16)13-4-5-14-11/h4-5,8H,2-3,6-7H2,1H3,(H2,12,16). The zero-order chi connectivity index (χ0) is 11.5. The second-order valence-corrected chi connectivity index (χ2v) is 4.54. The smallest absolute Gasteiger partial charge is 0.157 e. The SMILES string of the molecule is CCC1CCN(c2nccnc2C(N)=S)C1. The summed E-state index contributed by atoms with van der Waals surface area (Å²) in [6.07, 6.45) is 5.74. The van der Waals surface area contributed by atoms with E-state index < -0.39 is 0 Å². The minimum absolute atomic E-state index is 0.322. The lowest BCUT2D eigenvalue weighted by molar-refractivity contribution is 0.568. The summed E-state index contributed by atoms with van der Waals surface area (Å²) < 4.78 is 0. The predicted octanol–water partition coefficient (Wildman–Crippen LogP) is 1.35. The molecule has 1 atom stereocenters. The van der Waals surface area contributed by atoms with Crippen molar-refractivity contribution in [1.29, 1.82) is 0 Å². The first-order valence-corrected chi connectivity index (χ1v) is 5.99. The molecule has 0 aromatic carbocycles. The summed E-state index contributed by atoms with van der Waals surface area (Å²) in [6.45, 7) is 4.27. The van der Waals surface area contributed by atoms with E-state index in [1.807, 2.05) is 0 Å². The minimum Gasteiger partial charge on any atom is -0.388 e. The lowest BCUT2D eigenvalue weighted by Crippen LogP contribution is -2.25. The highest BCUT2D eigenvalue weighted by Gasteiger charge is 2.24. The van der Waals surface area contributed by atoms with Gasteiger partial charge in [0.25, 0.3) is 0 Å². The van der Waals surface area contributed by atoms with E-state index in [9.17, 15) is 0 Å². The molecule has 5 heteroatoms. The van der Waals surface area contributed by atoms with E-state index >= 15 is 0 Å². The Hall–Kier alpha value is -1.23. The molecular weight excluding hydrogens is 220 g/mol. The molecule has 1 aliphatic rings. The second-order valence-electron chi connectivity index (χ2n) is 4.10.